The van der Waals surface area contributed by atoms with Crippen molar-refractivity contribution in [2.45, 2.75) is 27.2 Å². The van der Waals surface area contributed by atoms with Crippen LogP contribution in [0, 0.1) is 5.41 Å². The van der Waals surface area contributed by atoms with Crippen LogP contribution >= 0.6 is 11.6 Å². The van der Waals surface area contributed by atoms with Gasteiger partial charge in [0.15, 0.2) is 5.69 Å². The Kier molecular flexibility index (Phi) is 4.29. The maximum atomic E-state index is 12.0. The minimum Gasteiger partial charge on any atom is -0.461 e. The van der Waals surface area contributed by atoms with Crippen LogP contribution in [0.3, 0.4) is 0 Å². The summed E-state index contributed by atoms with van der Waals surface area (Å²) in [6.45, 7) is 6.69. The number of halogens is 1. The molecular formula is C16H18ClNO2. The third-order valence-electron chi connectivity index (χ3n) is 2.99. The molecule has 20 heavy (non-hydrogen) atoms. The molecule has 0 saturated carbocycles. The van der Waals surface area contributed by atoms with E-state index in [0.29, 0.717) is 11.8 Å². The van der Waals surface area contributed by atoms with E-state index in [1.165, 1.54) is 0 Å². The van der Waals surface area contributed by atoms with Crippen molar-refractivity contribution in [1.82, 2.24) is 4.98 Å². The smallest absolute Gasteiger partial charge is 0.357 e. The number of ether oxygens (including phenoxy) is 1. The van der Waals surface area contributed by atoms with Crippen molar-refractivity contribution >= 4 is 28.3 Å². The van der Waals surface area contributed by atoms with Crippen molar-refractivity contribution in [3.8, 4) is 0 Å². The highest BCUT2D eigenvalue weighted by Crippen LogP contribution is 2.23. The number of pyridine rings is 1. The molecule has 0 N–H and O–H groups in total. The number of nitrogens with zero attached hydrogens (tertiary/aromatic N) is 1. The van der Waals surface area contributed by atoms with Crippen molar-refractivity contribution in [2.24, 2.45) is 5.41 Å². The fourth-order valence-electron chi connectivity index (χ4n) is 1.78. The van der Waals surface area contributed by atoms with Crippen molar-refractivity contribution < 1.29 is 9.53 Å². The lowest BCUT2D eigenvalue weighted by Gasteiger charge is -2.17. The van der Waals surface area contributed by atoms with E-state index < -0.39 is 5.97 Å². The summed E-state index contributed by atoms with van der Waals surface area (Å²) in [4.78, 5) is 16.1. The average molecular weight is 292 g/mol. The van der Waals surface area contributed by atoms with E-state index in [2.05, 4.69) is 25.8 Å². The van der Waals surface area contributed by atoms with Crippen LogP contribution in [-0.2, 0) is 4.74 Å². The standard InChI is InChI=1S/C16H18ClNO2/c1-16(2,3)8-9-20-15(19)13-10-11-6-4-5-7-12(11)14(17)18-13/h4-7,10H,8-9H2,1-3H3. The fourth-order valence-corrected chi connectivity index (χ4v) is 2.05. The minimum atomic E-state index is -0.429. The van der Waals surface area contributed by atoms with Gasteiger partial charge in [0.25, 0.3) is 0 Å². The largest absolute Gasteiger partial charge is 0.461 e. The third-order valence-corrected chi connectivity index (χ3v) is 3.28. The summed E-state index contributed by atoms with van der Waals surface area (Å²) in [7, 11) is 0. The molecule has 2 rings (SSSR count). The zero-order chi connectivity index (χ0) is 14.8. The summed E-state index contributed by atoms with van der Waals surface area (Å²) in [5.41, 5.74) is 0.386. The Morgan fingerprint density at radius 3 is 2.70 bits per heavy atom. The second kappa shape index (κ2) is 5.80. The van der Waals surface area contributed by atoms with Gasteiger partial charge in [0, 0.05) is 5.39 Å². The number of hydrogen-bond acceptors (Lipinski definition) is 3. The van der Waals surface area contributed by atoms with Gasteiger partial charge >= 0.3 is 5.97 Å². The van der Waals surface area contributed by atoms with Gasteiger partial charge < -0.3 is 4.74 Å². The van der Waals surface area contributed by atoms with E-state index in [9.17, 15) is 4.79 Å². The Hall–Kier alpha value is -1.61. The topological polar surface area (TPSA) is 39.2 Å². The molecule has 0 spiro atoms. The zero-order valence-corrected chi connectivity index (χ0v) is 12.7. The molecule has 0 amide bonds. The van der Waals surface area contributed by atoms with E-state index >= 15 is 0 Å². The van der Waals surface area contributed by atoms with Gasteiger partial charge in [-0.3, -0.25) is 0 Å². The van der Waals surface area contributed by atoms with Crippen LogP contribution in [0.2, 0.25) is 5.15 Å². The van der Waals surface area contributed by atoms with Crippen LogP contribution < -0.4 is 0 Å². The predicted molar refractivity (Wildman–Crippen MR) is 81.1 cm³/mol. The zero-order valence-electron chi connectivity index (χ0n) is 11.9. The first-order chi connectivity index (χ1) is 9.37. The van der Waals surface area contributed by atoms with Crippen molar-refractivity contribution in [3.05, 3.63) is 41.2 Å². The summed E-state index contributed by atoms with van der Waals surface area (Å²) in [5, 5.41) is 2.04. The molecule has 106 valence electrons. The average Bonchev–Trinajstić information content (AvgIpc) is 2.37. The number of carbonyl (C=O) groups is 1. The summed E-state index contributed by atoms with van der Waals surface area (Å²) in [5.74, 6) is -0.429. The number of benzene rings is 1. The number of fused-ring (bicyclic) bond motifs is 1. The minimum absolute atomic E-state index is 0.134. The summed E-state index contributed by atoms with van der Waals surface area (Å²) < 4.78 is 5.25. The van der Waals surface area contributed by atoms with Crippen LogP contribution in [0.15, 0.2) is 30.3 Å². The molecule has 4 heteroatoms. The van der Waals surface area contributed by atoms with Crippen LogP contribution in [0.25, 0.3) is 10.8 Å². The van der Waals surface area contributed by atoms with Crippen LogP contribution in [0.4, 0.5) is 0 Å². The molecule has 0 aliphatic rings. The van der Waals surface area contributed by atoms with Crippen LogP contribution in [0.1, 0.15) is 37.7 Å². The van der Waals surface area contributed by atoms with Crippen molar-refractivity contribution in [2.75, 3.05) is 6.61 Å². The Morgan fingerprint density at radius 2 is 2.00 bits per heavy atom. The number of aromatic nitrogens is 1. The number of rotatable bonds is 3. The Balaban J connectivity index is 2.14. The first-order valence-electron chi connectivity index (χ1n) is 6.59. The SMILES string of the molecule is CC(C)(C)CCOC(=O)c1cc2ccccc2c(Cl)n1. The molecule has 1 aromatic heterocycles. The molecule has 3 nitrogen and oxygen atoms in total. The quantitative estimate of drug-likeness (QED) is 0.618. The van der Waals surface area contributed by atoms with Crippen LogP contribution in [-0.4, -0.2) is 17.6 Å². The lowest BCUT2D eigenvalue weighted by molar-refractivity contribution is 0.0458. The van der Waals surface area contributed by atoms with Gasteiger partial charge in [-0.15, -0.1) is 0 Å². The Bertz CT molecular complexity index is 632. The third kappa shape index (κ3) is 3.70. The highest BCUT2D eigenvalue weighted by atomic mass is 35.5. The molecule has 0 aliphatic heterocycles. The van der Waals surface area contributed by atoms with Gasteiger partial charge in [0.2, 0.25) is 0 Å². The first-order valence-corrected chi connectivity index (χ1v) is 6.97. The molecule has 0 unspecified atom stereocenters. The molecule has 0 atom stereocenters. The van der Waals surface area contributed by atoms with Gasteiger partial charge in [-0.1, -0.05) is 56.6 Å². The molecule has 0 bridgehead atoms. The van der Waals surface area contributed by atoms with E-state index in [4.69, 9.17) is 16.3 Å². The van der Waals surface area contributed by atoms with Gasteiger partial charge in [-0.2, -0.15) is 0 Å². The monoisotopic (exact) mass is 291 g/mol. The molecule has 2 aromatic rings. The maximum absolute atomic E-state index is 12.0. The Labute approximate surface area is 123 Å². The maximum Gasteiger partial charge on any atom is 0.357 e. The van der Waals surface area contributed by atoms with E-state index in [1.807, 2.05) is 24.3 Å². The molecule has 0 aliphatic carbocycles. The molecule has 0 radical (unpaired) electrons. The highest BCUT2D eigenvalue weighted by Gasteiger charge is 2.15. The van der Waals surface area contributed by atoms with Crippen LogP contribution in [0.5, 0.6) is 0 Å². The predicted octanol–water partition coefficient (Wildman–Crippen LogP) is 4.48. The molecule has 1 heterocycles. The second-order valence-electron chi connectivity index (χ2n) is 5.97. The van der Waals surface area contributed by atoms with Crippen molar-refractivity contribution in [3.63, 3.8) is 0 Å². The first kappa shape index (κ1) is 14.8. The molecule has 0 saturated heterocycles. The molecule has 1 aromatic carbocycles. The normalized spacial score (nSPS) is 11.6. The second-order valence-corrected chi connectivity index (χ2v) is 6.32. The van der Waals surface area contributed by atoms with Gasteiger partial charge in [-0.05, 0) is 23.3 Å². The summed E-state index contributed by atoms with van der Waals surface area (Å²) >= 11 is 6.09. The summed E-state index contributed by atoms with van der Waals surface area (Å²) in [6.07, 6.45) is 0.806. The number of hydrogen-bond donors (Lipinski definition) is 0. The Morgan fingerprint density at radius 1 is 1.30 bits per heavy atom. The summed E-state index contributed by atoms with van der Waals surface area (Å²) in [6, 6.07) is 9.26. The molecular weight excluding hydrogens is 274 g/mol. The van der Waals surface area contributed by atoms with Crippen molar-refractivity contribution in [1.29, 1.82) is 0 Å². The number of carbonyl (C=O) groups excluding carboxylic acids is 1. The van der Waals surface area contributed by atoms with Gasteiger partial charge in [-0.25, -0.2) is 9.78 Å². The van der Waals surface area contributed by atoms with E-state index in [-0.39, 0.29) is 11.1 Å². The highest BCUT2D eigenvalue weighted by molar-refractivity contribution is 6.34. The van der Waals surface area contributed by atoms with E-state index in [0.717, 1.165) is 17.2 Å². The lowest BCUT2D eigenvalue weighted by atomic mass is 9.93. The van der Waals surface area contributed by atoms with Gasteiger partial charge in [0.1, 0.15) is 5.15 Å². The molecule has 0 fully saturated rings. The fraction of sp³-hybridized carbons (Fsp3) is 0.375. The van der Waals surface area contributed by atoms with Gasteiger partial charge in [0.05, 0.1) is 6.61 Å². The van der Waals surface area contributed by atoms with E-state index in [1.54, 1.807) is 6.07 Å². The number of esters is 1. The lowest BCUT2D eigenvalue weighted by Crippen LogP contribution is -2.14.